The fraction of sp³-hybridized carbons (Fsp3) is 0.818. The van der Waals surface area contributed by atoms with E-state index in [1.54, 1.807) is 0 Å². The third kappa shape index (κ3) is 2.58. The lowest BCUT2D eigenvalue weighted by atomic mass is 10.1. The van der Waals surface area contributed by atoms with Gasteiger partial charge in [0, 0.05) is 13.2 Å². The Kier molecular flexibility index (Phi) is 3.96. The number of nitrogens with zero attached hydrogens (tertiary/aromatic N) is 1. The van der Waals surface area contributed by atoms with Gasteiger partial charge in [-0.3, -0.25) is 4.79 Å². The molecule has 0 bridgehead atoms. The van der Waals surface area contributed by atoms with Gasteiger partial charge < -0.3 is 19.1 Å². The molecule has 96 valence electrons. The smallest absolute Gasteiger partial charge is 0.331 e. The van der Waals surface area contributed by atoms with Gasteiger partial charge in [-0.15, -0.1) is 0 Å². The SMILES string of the molecule is COC(=O)C1COCCN1C(=O)C1CCCO1. The highest BCUT2D eigenvalue weighted by atomic mass is 16.5. The Hall–Kier alpha value is -1.14. The molecule has 0 aromatic carbocycles. The van der Waals surface area contributed by atoms with E-state index in [1.165, 1.54) is 12.0 Å². The van der Waals surface area contributed by atoms with Crippen LogP contribution in [-0.4, -0.2) is 62.4 Å². The van der Waals surface area contributed by atoms with E-state index in [2.05, 4.69) is 4.74 Å². The lowest BCUT2D eigenvalue weighted by molar-refractivity contribution is -0.164. The molecule has 2 unspecified atom stereocenters. The molecule has 2 saturated heterocycles. The fourth-order valence-corrected chi connectivity index (χ4v) is 2.16. The maximum atomic E-state index is 12.2. The molecule has 2 rings (SSSR count). The van der Waals surface area contributed by atoms with Gasteiger partial charge in [-0.1, -0.05) is 0 Å². The van der Waals surface area contributed by atoms with Crippen molar-refractivity contribution in [3.63, 3.8) is 0 Å². The van der Waals surface area contributed by atoms with Gasteiger partial charge in [-0.05, 0) is 12.8 Å². The van der Waals surface area contributed by atoms with Crippen LogP contribution in [0.4, 0.5) is 0 Å². The van der Waals surface area contributed by atoms with Crippen molar-refractivity contribution in [1.82, 2.24) is 4.90 Å². The molecule has 0 saturated carbocycles. The van der Waals surface area contributed by atoms with Crippen LogP contribution in [0, 0.1) is 0 Å². The Labute approximate surface area is 99.8 Å². The zero-order chi connectivity index (χ0) is 12.3. The minimum Gasteiger partial charge on any atom is -0.467 e. The van der Waals surface area contributed by atoms with Gasteiger partial charge in [-0.2, -0.15) is 0 Å². The largest absolute Gasteiger partial charge is 0.467 e. The predicted molar refractivity (Wildman–Crippen MR) is 57.3 cm³/mol. The van der Waals surface area contributed by atoms with Crippen LogP contribution >= 0.6 is 0 Å². The summed E-state index contributed by atoms with van der Waals surface area (Å²) in [6.45, 7) is 1.68. The van der Waals surface area contributed by atoms with Gasteiger partial charge in [0.05, 0.1) is 20.3 Å². The molecule has 2 aliphatic rings. The molecule has 2 atom stereocenters. The summed E-state index contributed by atoms with van der Waals surface area (Å²) in [5, 5.41) is 0. The van der Waals surface area contributed by atoms with Crippen molar-refractivity contribution in [2.75, 3.05) is 33.5 Å². The Bertz CT molecular complexity index is 300. The summed E-state index contributed by atoms with van der Waals surface area (Å²) in [7, 11) is 1.31. The second-order valence-corrected chi connectivity index (χ2v) is 4.15. The number of esters is 1. The van der Waals surface area contributed by atoms with E-state index in [1.807, 2.05) is 0 Å². The number of ether oxygens (including phenoxy) is 3. The first-order chi connectivity index (χ1) is 8.24. The van der Waals surface area contributed by atoms with Crippen molar-refractivity contribution in [1.29, 1.82) is 0 Å². The van der Waals surface area contributed by atoms with Crippen LogP contribution in [0.3, 0.4) is 0 Å². The zero-order valence-electron chi connectivity index (χ0n) is 9.89. The number of hydrogen-bond donors (Lipinski definition) is 0. The maximum Gasteiger partial charge on any atom is 0.331 e. The van der Waals surface area contributed by atoms with E-state index in [9.17, 15) is 9.59 Å². The number of carbonyl (C=O) groups excluding carboxylic acids is 2. The van der Waals surface area contributed by atoms with Crippen LogP contribution in [-0.2, 0) is 23.8 Å². The quantitative estimate of drug-likeness (QED) is 0.615. The van der Waals surface area contributed by atoms with Gasteiger partial charge in [0.25, 0.3) is 5.91 Å². The zero-order valence-corrected chi connectivity index (χ0v) is 9.89. The summed E-state index contributed by atoms with van der Waals surface area (Å²) in [5.41, 5.74) is 0. The van der Waals surface area contributed by atoms with Crippen molar-refractivity contribution in [2.24, 2.45) is 0 Å². The summed E-state index contributed by atoms with van der Waals surface area (Å²) < 4.78 is 15.2. The number of carbonyl (C=O) groups is 2. The highest BCUT2D eigenvalue weighted by Crippen LogP contribution is 2.18. The lowest BCUT2D eigenvalue weighted by Crippen LogP contribution is -2.55. The molecule has 0 aromatic rings. The molecule has 0 aliphatic carbocycles. The number of rotatable bonds is 2. The summed E-state index contributed by atoms with van der Waals surface area (Å²) in [6.07, 6.45) is 1.22. The summed E-state index contributed by atoms with van der Waals surface area (Å²) in [5.74, 6) is -0.558. The van der Waals surface area contributed by atoms with Crippen molar-refractivity contribution >= 4 is 11.9 Å². The normalized spacial score (nSPS) is 29.1. The van der Waals surface area contributed by atoms with E-state index in [0.29, 0.717) is 19.8 Å². The average Bonchev–Trinajstić information content (AvgIpc) is 2.91. The van der Waals surface area contributed by atoms with Crippen molar-refractivity contribution in [2.45, 2.75) is 25.0 Å². The Morgan fingerprint density at radius 2 is 2.18 bits per heavy atom. The van der Waals surface area contributed by atoms with Crippen molar-refractivity contribution in [3.8, 4) is 0 Å². The second-order valence-electron chi connectivity index (χ2n) is 4.15. The van der Waals surface area contributed by atoms with E-state index in [4.69, 9.17) is 9.47 Å². The minimum absolute atomic E-state index is 0.124. The van der Waals surface area contributed by atoms with E-state index in [0.717, 1.165) is 12.8 Å². The molecule has 17 heavy (non-hydrogen) atoms. The monoisotopic (exact) mass is 243 g/mol. The summed E-state index contributed by atoms with van der Waals surface area (Å²) in [4.78, 5) is 25.2. The Morgan fingerprint density at radius 1 is 1.35 bits per heavy atom. The Balaban J connectivity index is 2.04. The molecule has 2 fully saturated rings. The molecule has 2 heterocycles. The molecule has 1 amide bonds. The van der Waals surface area contributed by atoms with Gasteiger partial charge in [0.15, 0.2) is 6.04 Å². The minimum atomic E-state index is -0.634. The van der Waals surface area contributed by atoms with Crippen molar-refractivity contribution in [3.05, 3.63) is 0 Å². The molecule has 2 aliphatic heterocycles. The third-order valence-corrected chi connectivity index (χ3v) is 3.09. The molecular formula is C11H17NO5. The summed E-state index contributed by atoms with van der Waals surface area (Å²) in [6, 6.07) is -0.634. The molecule has 6 nitrogen and oxygen atoms in total. The number of morpholine rings is 1. The van der Waals surface area contributed by atoms with E-state index >= 15 is 0 Å². The van der Waals surface area contributed by atoms with Gasteiger partial charge >= 0.3 is 5.97 Å². The lowest BCUT2D eigenvalue weighted by Gasteiger charge is -2.34. The molecular weight excluding hydrogens is 226 g/mol. The molecule has 0 spiro atoms. The van der Waals surface area contributed by atoms with Crippen LogP contribution in [0.5, 0.6) is 0 Å². The summed E-state index contributed by atoms with van der Waals surface area (Å²) >= 11 is 0. The standard InChI is InChI=1S/C11H17NO5/c1-15-11(14)8-7-16-6-4-12(8)10(13)9-3-2-5-17-9/h8-9H,2-7H2,1H3. The van der Waals surface area contributed by atoms with Crippen LogP contribution in [0.1, 0.15) is 12.8 Å². The first kappa shape index (κ1) is 12.3. The van der Waals surface area contributed by atoms with Crippen LogP contribution in [0.25, 0.3) is 0 Å². The van der Waals surface area contributed by atoms with Crippen molar-refractivity contribution < 1.29 is 23.8 Å². The molecule has 6 heteroatoms. The van der Waals surface area contributed by atoms with Gasteiger partial charge in [0.1, 0.15) is 6.10 Å². The maximum absolute atomic E-state index is 12.2. The molecule has 0 radical (unpaired) electrons. The highest BCUT2D eigenvalue weighted by molar-refractivity contribution is 5.87. The number of amides is 1. The van der Waals surface area contributed by atoms with Gasteiger partial charge in [-0.25, -0.2) is 4.79 Å². The van der Waals surface area contributed by atoms with E-state index in [-0.39, 0.29) is 12.5 Å². The number of methoxy groups -OCH3 is 1. The third-order valence-electron chi connectivity index (χ3n) is 3.09. The average molecular weight is 243 g/mol. The first-order valence-corrected chi connectivity index (χ1v) is 5.81. The van der Waals surface area contributed by atoms with Crippen LogP contribution in [0.15, 0.2) is 0 Å². The van der Waals surface area contributed by atoms with E-state index < -0.39 is 18.1 Å². The molecule has 0 aromatic heterocycles. The topological polar surface area (TPSA) is 65.1 Å². The second kappa shape index (κ2) is 5.46. The van der Waals surface area contributed by atoms with Gasteiger partial charge in [0.2, 0.25) is 0 Å². The predicted octanol–water partition coefficient (Wildman–Crippen LogP) is -0.434. The fourth-order valence-electron chi connectivity index (χ4n) is 2.16. The number of hydrogen-bond acceptors (Lipinski definition) is 5. The van der Waals surface area contributed by atoms with Crippen LogP contribution < -0.4 is 0 Å². The highest BCUT2D eigenvalue weighted by Gasteiger charge is 2.38. The van der Waals surface area contributed by atoms with Crippen LogP contribution in [0.2, 0.25) is 0 Å². The molecule has 0 N–H and O–H groups in total. The Morgan fingerprint density at radius 3 is 2.82 bits per heavy atom. The first-order valence-electron chi connectivity index (χ1n) is 5.81.